The highest BCUT2D eigenvalue weighted by atomic mass is 16.3. The molecule has 1 N–H and O–H groups in total. The summed E-state index contributed by atoms with van der Waals surface area (Å²) in [5, 5.41) is 9.28. The Morgan fingerprint density at radius 3 is 2.55 bits per heavy atom. The van der Waals surface area contributed by atoms with Crippen molar-refractivity contribution in [2.45, 2.75) is 6.10 Å². The van der Waals surface area contributed by atoms with Gasteiger partial charge in [0.15, 0.2) is 0 Å². The molecular formula is C17H15N3O2. The van der Waals surface area contributed by atoms with Gasteiger partial charge in [-0.15, -0.1) is 0 Å². The Morgan fingerprint density at radius 2 is 1.82 bits per heavy atom. The second kappa shape index (κ2) is 4.96. The van der Waals surface area contributed by atoms with Gasteiger partial charge in [0.1, 0.15) is 6.33 Å². The highest BCUT2D eigenvalue weighted by molar-refractivity contribution is 5.95. The molecule has 0 radical (unpaired) electrons. The lowest BCUT2D eigenvalue weighted by Crippen LogP contribution is -2.53. The van der Waals surface area contributed by atoms with Crippen LogP contribution in [-0.4, -0.2) is 44.7 Å². The lowest BCUT2D eigenvalue weighted by atomic mass is 10.1. The molecule has 4 rings (SSSR count). The highest BCUT2D eigenvalue weighted by Gasteiger charge is 2.29. The molecule has 1 aliphatic heterocycles. The molecule has 1 saturated heterocycles. The fourth-order valence-corrected chi connectivity index (χ4v) is 2.73. The van der Waals surface area contributed by atoms with Crippen LogP contribution in [0, 0.1) is 0 Å². The van der Waals surface area contributed by atoms with Crippen molar-refractivity contribution < 1.29 is 9.90 Å². The molecule has 0 spiro atoms. The Bertz CT molecular complexity index is 832. The molecule has 0 unspecified atom stereocenters. The fourth-order valence-electron chi connectivity index (χ4n) is 2.73. The predicted molar refractivity (Wildman–Crippen MR) is 83.0 cm³/mol. The number of aromatic nitrogens is 2. The van der Waals surface area contributed by atoms with Gasteiger partial charge in [-0.05, 0) is 36.4 Å². The third kappa shape index (κ3) is 2.07. The van der Waals surface area contributed by atoms with Gasteiger partial charge < -0.3 is 10.0 Å². The summed E-state index contributed by atoms with van der Waals surface area (Å²) < 4.78 is 2.00. The van der Waals surface area contributed by atoms with Crippen LogP contribution in [-0.2, 0) is 0 Å². The SMILES string of the molecule is O=C(c1ccc(-n2cnc3ccccc32)cc1)N1CC(O)C1. The van der Waals surface area contributed by atoms with E-state index < -0.39 is 0 Å². The van der Waals surface area contributed by atoms with E-state index in [1.54, 1.807) is 11.2 Å². The molecule has 2 aromatic carbocycles. The van der Waals surface area contributed by atoms with Crippen molar-refractivity contribution in [1.29, 1.82) is 0 Å². The van der Waals surface area contributed by atoms with Gasteiger partial charge in [-0.1, -0.05) is 12.1 Å². The number of hydrogen-bond acceptors (Lipinski definition) is 3. The molecule has 1 aromatic heterocycles. The van der Waals surface area contributed by atoms with E-state index in [1.165, 1.54) is 0 Å². The molecule has 2 heterocycles. The summed E-state index contributed by atoms with van der Waals surface area (Å²) in [6.45, 7) is 0.847. The summed E-state index contributed by atoms with van der Waals surface area (Å²) in [4.78, 5) is 18.2. The molecule has 1 aliphatic rings. The molecule has 5 nitrogen and oxygen atoms in total. The van der Waals surface area contributed by atoms with Gasteiger partial charge in [-0.3, -0.25) is 9.36 Å². The Labute approximate surface area is 127 Å². The molecule has 22 heavy (non-hydrogen) atoms. The minimum atomic E-state index is -0.375. The molecular weight excluding hydrogens is 278 g/mol. The number of β-amino-alcohol motifs (C(OH)–C–C–N with tert-alkyl or cyclic N) is 1. The molecule has 5 heteroatoms. The fraction of sp³-hybridized carbons (Fsp3) is 0.176. The lowest BCUT2D eigenvalue weighted by molar-refractivity contribution is 0.00589. The first-order chi connectivity index (χ1) is 10.7. The van der Waals surface area contributed by atoms with Crippen molar-refractivity contribution in [3.05, 3.63) is 60.4 Å². The van der Waals surface area contributed by atoms with Crippen LogP contribution in [0.4, 0.5) is 0 Å². The summed E-state index contributed by atoms with van der Waals surface area (Å²) in [5.74, 6) is -0.0349. The number of aliphatic hydroxyl groups is 1. The summed E-state index contributed by atoms with van der Waals surface area (Å²) >= 11 is 0. The van der Waals surface area contributed by atoms with E-state index >= 15 is 0 Å². The van der Waals surface area contributed by atoms with Gasteiger partial charge >= 0.3 is 0 Å². The zero-order chi connectivity index (χ0) is 15.1. The van der Waals surface area contributed by atoms with Crippen LogP contribution in [0.3, 0.4) is 0 Å². The maximum absolute atomic E-state index is 12.2. The average molecular weight is 293 g/mol. The number of benzene rings is 2. The van der Waals surface area contributed by atoms with Crippen molar-refractivity contribution in [3.63, 3.8) is 0 Å². The molecule has 0 saturated carbocycles. The molecule has 1 amide bonds. The van der Waals surface area contributed by atoms with Crippen molar-refractivity contribution in [1.82, 2.24) is 14.5 Å². The second-order valence-corrected chi connectivity index (χ2v) is 5.51. The molecule has 110 valence electrons. The molecule has 0 bridgehead atoms. The first kappa shape index (κ1) is 13.0. The van der Waals surface area contributed by atoms with E-state index in [2.05, 4.69) is 4.98 Å². The summed E-state index contributed by atoms with van der Waals surface area (Å²) in [5.41, 5.74) is 3.58. The van der Waals surface area contributed by atoms with Crippen LogP contribution in [0.5, 0.6) is 0 Å². The first-order valence-electron chi connectivity index (χ1n) is 7.22. The number of carbonyl (C=O) groups is 1. The number of imidazole rings is 1. The third-order valence-electron chi connectivity index (χ3n) is 4.00. The van der Waals surface area contributed by atoms with E-state index in [9.17, 15) is 9.90 Å². The normalized spacial score (nSPS) is 15.0. The Kier molecular flexibility index (Phi) is 2.94. The number of rotatable bonds is 2. The molecule has 0 aliphatic carbocycles. The zero-order valence-corrected chi connectivity index (χ0v) is 11.9. The number of para-hydroxylation sites is 2. The smallest absolute Gasteiger partial charge is 0.254 e. The maximum Gasteiger partial charge on any atom is 0.254 e. The second-order valence-electron chi connectivity index (χ2n) is 5.51. The first-order valence-corrected chi connectivity index (χ1v) is 7.22. The topological polar surface area (TPSA) is 58.4 Å². The van der Waals surface area contributed by atoms with Gasteiger partial charge in [-0.25, -0.2) is 4.98 Å². The van der Waals surface area contributed by atoms with Crippen molar-refractivity contribution >= 4 is 16.9 Å². The predicted octanol–water partition coefficient (Wildman–Crippen LogP) is 1.84. The quantitative estimate of drug-likeness (QED) is 0.784. The number of amides is 1. The van der Waals surface area contributed by atoms with Gasteiger partial charge in [-0.2, -0.15) is 0 Å². The van der Waals surface area contributed by atoms with Gasteiger partial charge in [0.25, 0.3) is 5.91 Å². The average Bonchev–Trinajstić information content (AvgIpc) is 2.95. The summed E-state index contributed by atoms with van der Waals surface area (Å²) in [7, 11) is 0. The van der Waals surface area contributed by atoms with Crippen LogP contribution < -0.4 is 0 Å². The highest BCUT2D eigenvalue weighted by Crippen LogP contribution is 2.19. The van der Waals surface area contributed by atoms with E-state index in [0.717, 1.165) is 16.7 Å². The third-order valence-corrected chi connectivity index (χ3v) is 4.00. The van der Waals surface area contributed by atoms with Gasteiger partial charge in [0.05, 0.1) is 17.1 Å². The van der Waals surface area contributed by atoms with Crippen molar-refractivity contribution in [2.75, 3.05) is 13.1 Å². The number of fused-ring (bicyclic) bond motifs is 1. The Morgan fingerprint density at radius 1 is 1.09 bits per heavy atom. The number of hydrogen-bond donors (Lipinski definition) is 1. The van der Waals surface area contributed by atoms with Crippen LogP contribution >= 0.6 is 0 Å². The van der Waals surface area contributed by atoms with Crippen LogP contribution in [0.25, 0.3) is 16.7 Å². The zero-order valence-electron chi connectivity index (χ0n) is 11.9. The lowest BCUT2D eigenvalue weighted by Gasteiger charge is -2.35. The van der Waals surface area contributed by atoms with E-state index in [1.807, 2.05) is 53.1 Å². The molecule has 1 fully saturated rings. The van der Waals surface area contributed by atoms with E-state index in [-0.39, 0.29) is 12.0 Å². The van der Waals surface area contributed by atoms with Crippen LogP contribution in [0.1, 0.15) is 10.4 Å². The molecule has 3 aromatic rings. The standard InChI is InChI=1S/C17H15N3O2/c21-14-9-19(10-14)17(22)12-5-7-13(8-6-12)20-11-18-15-3-1-2-4-16(15)20/h1-8,11,14,21H,9-10H2. The Hall–Kier alpha value is -2.66. The summed E-state index contributed by atoms with van der Waals surface area (Å²) in [6, 6.07) is 15.4. The van der Waals surface area contributed by atoms with Crippen molar-refractivity contribution in [3.8, 4) is 5.69 Å². The largest absolute Gasteiger partial charge is 0.389 e. The number of aliphatic hydroxyl groups excluding tert-OH is 1. The Balaban J connectivity index is 1.63. The minimum Gasteiger partial charge on any atom is -0.389 e. The van der Waals surface area contributed by atoms with Gasteiger partial charge in [0.2, 0.25) is 0 Å². The van der Waals surface area contributed by atoms with Crippen LogP contribution in [0.15, 0.2) is 54.9 Å². The van der Waals surface area contributed by atoms with E-state index in [4.69, 9.17) is 0 Å². The van der Waals surface area contributed by atoms with Crippen LogP contribution in [0.2, 0.25) is 0 Å². The number of nitrogens with zero attached hydrogens (tertiary/aromatic N) is 3. The minimum absolute atomic E-state index is 0.0349. The van der Waals surface area contributed by atoms with Gasteiger partial charge in [0, 0.05) is 24.3 Å². The molecule has 0 atom stereocenters. The summed E-state index contributed by atoms with van der Waals surface area (Å²) in [6.07, 6.45) is 1.41. The number of likely N-dealkylation sites (tertiary alicyclic amines) is 1. The number of carbonyl (C=O) groups excluding carboxylic acids is 1. The van der Waals surface area contributed by atoms with E-state index in [0.29, 0.717) is 18.7 Å². The monoisotopic (exact) mass is 293 g/mol. The maximum atomic E-state index is 12.2. The van der Waals surface area contributed by atoms with Crippen molar-refractivity contribution in [2.24, 2.45) is 0 Å².